The van der Waals surface area contributed by atoms with E-state index in [0.29, 0.717) is 37.7 Å². The summed E-state index contributed by atoms with van der Waals surface area (Å²) in [4.78, 5) is 16.0. The molecule has 0 spiro atoms. The van der Waals surface area contributed by atoms with Crippen molar-refractivity contribution in [3.63, 3.8) is 0 Å². The summed E-state index contributed by atoms with van der Waals surface area (Å²) in [6.07, 6.45) is -7.83. The van der Waals surface area contributed by atoms with Gasteiger partial charge in [0.1, 0.15) is 12.2 Å². The van der Waals surface area contributed by atoms with E-state index in [1.165, 1.54) is 30.3 Å². The van der Waals surface area contributed by atoms with E-state index in [4.69, 9.17) is 9.47 Å². The molecule has 2 aromatic heterocycles. The number of aromatic nitrogens is 3. The molecule has 5 aliphatic rings. The molecule has 0 unspecified atom stereocenters. The van der Waals surface area contributed by atoms with Crippen LogP contribution in [0.4, 0.5) is 22.0 Å². The third-order valence-electron chi connectivity index (χ3n) is 8.44. The highest BCUT2D eigenvalue weighted by molar-refractivity contribution is 5.79. The van der Waals surface area contributed by atoms with E-state index in [-0.39, 0.29) is 40.9 Å². The van der Waals surface area contributed by atoms with Crippen LogP contribution in [0.2, 0.25) is 0 Å². The Hall–Kier alpha value is -3.94. The number of hydrogen-bond donors (Lipinski definition) is 1. The fourth-order valence-electron chi connectivity index (χ4n) is 6.56. The number of carboxylic acids is 1. The molecular weight excluding hydrogens is 569 g/mol. The van der Waals surface area contributed by atoms with Crippen LogP contribution in [0.25, 0.3) is 5.82 Å². The maximum absolute atomic E-state index is 14.1. The van der Waals surface area contributed by atoms with Crippen molar-refractivity contribution in [1.29, 1.82) is 0 Å². The number of nitrogens with zero attached hydrogens (tertiary/aromatic N) is 3. The van der Waals surface area contributed by atoms with Gasteiger partial charge >= 0.3 is 18.4 Å². The second kappa shape index (κ2) is 8.79. The maximum Gasteiger partial charge on any atom is 0.586 e. The summed E-state index contributed by atoms with van der Waals surface area (Å²) in [6.45, 7) is 1.65. The first-order valence-corrected chi connectivity index (χ1v) is 13.4. The topological polar surface area (TPSA) is 105 Å². The van der Waals surface area contributed by atoms with Crippen LogP contribution in [-0.4, -0.2) is 37.7 Å². The number of alkyl halides is 5. The first kappa shape index (κ1) is 26.9. The number of halogens is 5. The highest BCUT2D eigenvalue weighted by atomic mass is 19.4. The predicted octanol–water partition coefficient (Wildman–Crippen LogP) is 6.15. The minimum absolute atomic E-state index is 0.0388. The van der Waals surface area contributed by atoms with Crippen LogP contribution in [0, 0.1) is 5.41 Å². The van der Waals surface area contributed by atoms with E-state index in [9.17, 15) is 31.9 Å². The molecule has 14 heteroatoms. The number of rotatable bonds is 7. The average Bonchev–Trinajstić information content (AvgIpc) is 3.41. The van der Waals surface area contributed by atoms with Gasteiger partial charge in [-0.25, -0.2) is 4.68 Å². The molecular formula is C28H24F5N3O6. The first-order valence-electron chi connectivity index (χ1n) is 13.4. The zero-order valence-electron chi connectivity index (χ0n) is 22.1. The van der Waals surface area contributed by atoms with Gasteiger partial charge in [0, 0.05) is 11.6 Å². The summed E-state index contributed by atoms with van der Waals surface area (Å²) in [5, 5.41) is 13.4. The van der Waals surface area contributed by atoms with Gasteiger partial charge in [-0.15, -0.1) is 8.78 Å². The quantitative estimate of drug-likeness (QED) is 0.326. The van der Waals surface area contributed by atoms with Crippen molar-refractivity contribution in [3.05, 3.63) is 58.9 Å². The molecule has 9 nitrogen and oxygen atoms in total. The smallest absolute Gasteiger partial charge is 0.481 e. The number of hydrogen-bond acceptors (Lipinski definition) is 7. The average molecular weight is 594 g/mol. The largest absolute Gasteiger partial charge is 0.586 e. The zero-order valence-corrected chi connectivity index (χ0v) is 22.1. The maximum atomic E-state index is 14.1. The number of ether oxygens (including phenoxy) is 4. The molecule has 222 valence electrons. The van der Waals surface area contributed by atoms with Crippen molar-refractivity contribution >= 4 is 5.97 Å². The molecule has 0 radical (unpaired) electrons. The lowest BCUT2D eigenvalue weighted by Gasteiger charge is -2.67. The minimum atomic E-state index is -4.71. The summed E-state index contributed by atoms with van der Waals surface area (Å²) in [5.41, 5.74) is -1.70. The molecule has 1 N–H and O–H groups in total. The zero-order chi connectivity index (χ0) is 29.7. The molecule has 3 saturated carbocycles. The highest BCUT2D eigenvalue weighted by Crippen LogP contribution is 2.70. The number of carboxylic acid groups (broad SMARTS) is 1. The number of fused-ring (bicyclic) bond motifs is 2. The lowest BCUT2D eigenvalue weighted by Crippen LogP contribution is -2.71. The molecule has 0 amide bonds. The number of pyridine rings is 1. The van der Waals surface area contributed by atoms with Crippen LogP contribution in [-0.2, 0) is 22.1 Å². The third-order valence-corrected chi connectivity index (χ3v) is 8.44. The van der Waals surface area contributed by atoms with Gasteiger partial charge < -0.3 is 24.1 Å². The SMILES string of the molecule is C[C@H](Oc1cccc(-n2nc(C(F)(F)F)c3c2[C@H](OC24CC(C(=O)O)(C2)C4)CCC3)n1)c1ccc2c(c1)OC(F)(F)O2. The van der Waals surface area contributed by atoms with Crippen LogP contribution in [0.3, 0.4) is 0 Å². The monoisotopic (exact) mass is 593 g/mol. The highest BCUT2D eigenvalue weighted by Gasteiger charge is 2.73. The van der Waals surface area contributed by atoms with Crippen LogP contribution >= 0.6 is 0 Å². The molecule has 0 saturated heterocycles. The van der Waals surface area contributed by atoms with Gasteiger partial charge in [0.05, 0.1) is 16.7 Å². The van der Waals surface area contributed by atoms with Crippen LogP contribution in [0.5, 0.6) is 17.4 Å². The Balaban J connectivity index is 1.18. The van der Waals surface area contributed by atoms with Gasteiger partial charge in [0.15, 0.2) is 23.0 Å². The standard InChI is InChI=1S/C28H24F5N3O6/c1-14(15-8-9-17-19(10-15)42-28(32,33)41-17)39-21-7-3-6-20(34-21)36-22-16(23(35-36)27(29,30)31)4-2-5-18(22)40-26-11-25(12-26,13-26)24(37)38/h3,6-10,14,18H,2,4-5,11-13H2,1H3,(H,37,38)/t14-,18+,25?,26?/m0/s1. The van der Waals surface area contributed by atoms with Crippen molar-refractivity contribution in [1.82, 2.24) is 14.8 Å². The third kappa shape index (κ3) is 4.26. The van der Waals surface area contributed by atoms with Crippen molar-refractivity contribution < 1.29 is 50.8 Å². The summed E-state index contributed by atoms with van der Waals surface area (Å²) in [5.74, 6) is -1.00. The molecule has 1 aromatic carbocycles. The summed E-state index contributed by atoms with van der Waals surface area (Å²) < 4.78 is 91.4. The van der Waals surface area contributed by atoms with Crippen molar-refractivity contribution in [2.45, 2.75) is 75.7 Å². The van der Waals surface area contributed by atoms with Crippen molar-refractivity contribution in [2.75, 3.05) is 0 Å². The van der Waals surface area contributed by atoms with E-state index in [2.05, 4.69) is 19.6 Å². The lowest BCUT2D eigenvalue weighted by molar-refractivity contribution is -0.300. The van der Waals surface area contributed by atoms with Gasteiger partial charge in [0.2, 0.25) is 5.88 Å². The van der Waals surface area contributed by atoms with Crippen molar-refractivity contribution in [3.8, 4) is 23.2 Å². The second-order valence-corrected chi connectivity index (χ2v) is 11.4. The Morgan fingerprint density at radius 3 is 2.60 bits per heavy atom. The molecule has 3 fully saturated rings. The molecule has 42 heavy (non-hydrogen) atoms. The van der Waals surface area contributed by atoms with Gasteiger partial charge in [-0.1, -0.05) is 12.1 Å². The Labute approximate surface area is 235 Å². The van der Waals surface area contributed by atoms with Gasteiger partial charge in [-0.3, -0.25) is 4.79 Å². The van der Waals surface area contributed by atoms with E-state index in [1.807, 2.05) is 0 Å². The van der Waals surface area contributed by atoms with E-state index in [0.717, 1.165) is 4.68 Å². The summed E-state index contributed by atoms with van der Waals surface area (Å²) in [7, 11) is 0. The van der Waals surface area contributed by atoms with Crippen molar-refractivity contribution in [2.24, 2.45) is 5.41 Å². The van der Waals surface area contributed by atoms with Crippen LogP contribution in [0.1, 0.15) is 73.8 Å². The van der Waals surface area contributed by atoms with Crippen LogP contribution < -0.4 is 14.2 Å². The second-order valence-electron chi connectivity index (χ2n) is 11.4. The number of aliphatic carboxylic acids is 1. The fraction of sp³-hybridized carbons (Fsp3) is 0.464. The van der Waals surface area contributed by atoms with Gasteiger partial charge in [-0.05, 0) is 69.2 Å². The minimum Gasteiger partial charge on any atom is -0.481 e. The Bertz CT molecular complexity index is 1590. The molecule has 4 aliphatic carbocycles. The summed E-state index contributed by atoms with van der Waals surface area (Å²) >= 11 is 0. The predicted molar refractivity (Wildman–Crippen MR) is 131 cm³/mol. The number of benzene rings is 1. The van der Waals surface area contributed by atoms with E-state index < -0.39 is 47.4 Å². The Kier molecular flexibility index (Phi) is 5.63. The Morgan fingerprint density at radius 2 is 1.88 bits per heavy atom. The molecule has 2 bridgehead atoms. The van der Waals surface area contributed by atoms with E-state index >= 15 is 0 Å². The van der Waals surface area contributed by atoms with E-state index in [1.54, 1.807) is 13.0 Å². The summed E-state index contributed by atoms with van der Waals surface area (Å²) in [6, 6.07) is 8.78. The number of carbonyl (C=O) groups is 1. The lowest BCUT2D eigenvalue weighted by atomic mass is 9.41. The molecule has 8 rings (SSSR count). The van der Waals surface area contributed by atoms with Crippen LogP contribution in [0.15, 0.2) is 36.4 Å². The van der Waals surface area contributed by atoms with Gasteiger partial charge in [0.25, 0.3) is 0 Å². The molecule has 1 aliphatic heterocycles. The molecule has 3 heterocycles. The molecule has 3 aromatic rings. The normalized spacial score (nSPS) is 27.4. The van der Waals surface area contributed by atoms with Gasteiger partial charge in [-0.2, -0.15) is 23.3 Å². The molecule has 2 atom stereocenters. The fourth-order valence-corrected chi connectivity index (χ4v) is 6.56. The first-order chi connectivity index (χ1) is 19.8. The Morgan fingerprint density at radius 1 is 1.14 bits per heavy atom.